The molecule has 0 radical (unpaired) electrons. The molecule has 0 saturated heterocycles. The summed E-state index contributed by atoms with van der Waals surface area (Å²) in [7, 11) is 0. The molecule has 0 fully saturated rings. The summed E-state index contributed by atoms with van der Waals surface area (Å²) in [4.78, 5) is 26.2. The largest absolute Gasteiger partial charge is 0.453 e. The summed E-state index contributed by atoms with van der Waals surface area (Å²) in [6.07, 6.45) is 0.699. The van der Waals surface area contributed by atoms with E-state index in [0.717, 1.165) is 5.56 Å². The lowest BCUT2D eigenvalue weighted by Crippen LogP contribution is -2.29. The number of aromatic nitrogens is 1. The Balaban J connectivity index is 2.64. The van der Waals surface area contributed by atoms with Crippen molar-refractivity contribution in [3.05, 3.63) is 23.9 Å². The molecule has 6 heteroatoms. The Bertz CT molecular complexity index is 420. The first-order chi connectivity index (χ1) is 8.02. The lowest BCUT2D eigenvalue weighted by atomic mass is 10.2. The van der Waals surface area contributed by atoms with E-state index in [-0.39, 0.29) is 0 Å². The summed E-state index contributed by atoms with van der Waals surface area (Å²) >= 11 is 0. The minimum Gasteiger partial charge on any atom is -0.453 e. The second kappa shape index (κ2) is 5.95. The van der Waals surface area contributed by atoms with Crippen molar-refractivity contribution in [1.82, 2.24) is 4.98 Å². The van der Waals surface area contributed by atoms with Crippen LogP contribution in [0, 0.1) is 0 Å². The molecule has 1 atom stereocenters. The van der Waals surface area contributed by atoms with Crippen LogP contribution in [0.3, 0.4) is 0 Å². The number of rotatable bonds is 4. The Hall–Kier alpha value is -1.95. The number of nitrogens with zero attached hydrogens (tertiary/aromatic N) is 1. The predicted octanol–water partition coefficient (Wildman–Crippen LogP) is 0.430. The van der Waals surface area contributed by atoms with Crippen LogP contribution in [0.25, 0.3) is 0 Å². The van der Waals surface area contributed by atoms with E-state index >= 15 is 0 Å². The molecule has 17 heavy (non-hydrogen) atoms. The van der Waals surface area contributed by atoms with E-state index in [1.165, 1.54) is 13.8 Å². The number of pyridine rings is 1. The topological polar surface area (TPSA) is 94.3 Å². The maximum Gasteiger partial charge on any atom is 0.303 e. The molecule has 92 valence electrons. The first-order valence-corrected chi connectivity index (χ1v) is 5.16. The van der Waals surface area contributed by atoms with Gasteiger partial charge in [-0.2, -0.15) is 0 Å². The quantitative estimate of drug-likeness (QED) is 0.740. The molecule has 1 heterocycles. The third-order valence-corrected chi connectivity index (χ3v) is 2.02. The number of nitrogens with two attached hydrogens (primary N) is 1. The predicted molar refractivity (Wildman–Crippen MR) is 62.0 cm³/mol. The Kier molecular flexibility index (Phi) is 4.59. The average molecular weight is 237 g/mol. The van der Waals surface area contributed by atoms with Crippen molar-refractivity contribution < 1.29 is 14.3 Å². The third kappa shape index (κ3) is 4.20. The van der Waals surface area contributed by atoms with Crippen LogP contribution in [-0.4, -0.2) is 23.0 Å². The average Bonchev–Trinajstić information content (AvgIpc) is 2.28. The fraction of sp³-hybridized carbons (Fsp3) is 0.364. The Labute approximate surface area is 99.2 Å². The number of anilines is 1. The lowest BCUT2D eigenvalue weighted by molar-refractivity contribution is -0.150. The highest BCUT2D eigenvalue weighted by Crippen LogP contribution is 2.07. The monoisotopic (exact) mass is 237 g/mol. The first-order valence-electron chi connectivity index (χ1n) is 5.16. The molecule has 1 rings (SSSR count). The molecule has 1 aromatic rings. The number of carbonyl (C=O) groups is 2. The van der Waals surface area contributed by atoms with Gasteiger partial charge in [-0.15, -0.1) is 0 Å². The van der Waals surface area contributed by atoms with Gasteiger partial charge in [0, 0.05) is 19.7 Å². The van der Waals surface area contributed by atoms with Crippen LogP contribution >= 0.6 is 0 Å². The van der Waals surface area contributed by atoms with Gasteiger partial charge in [-0.05, 0) is 24.6 Å². The molecular formula is C11H15N3O3. The summed E-state index contributed by atoms with van der Waals surface area (Å²) in [6.45, 7) is 3.10. The van der Waals surface area contributed by atoms with Crippen molar-refractivity contribution in [3.8, 4) is 0 Å². The molecule has 0 aliphatic carbocycles. The minimum absolute atomic E-state index is 0.366. The van der Waals surface area contributed by atoms with Crippen LogP contribution in [-0.2, 0) is 20.9 Å². The van der Waals surface area contributed by atoms with E-state index in [4.69, 9.17) is 10.5 Å². The third-order valence-electron chi connectivity index (χ3n) is 2.02. The van der Waals surface area contributed by atoms with Crippen molar-refractivity contribution >= 4 is 17.7 Å². The van der Waals surface area contributed by atoms with Gasteiger partial charge in [-0.3, -0.25) is 9.59 Å². The van der Waals surface area contributed by atoms with Gasteiger partial charge in [0.1, 0.15) is 5.82 Å². The van der Waals surface area contributed by atoms with E-state index in [2.05, 4.69) is 10.3 Å². The molecule has 0 aliphatic heterocycles. The second-order valence-corrected chi connectivity index (χ2v) is 3.49. The maximum atomic E-state index is 11.6. The number of esters is 1. The number of hydrogen-bond donors (Lipinski definition) is 2. The molecule has 0 saturated carbocycles. The summed E-state index contributed by atoms with van der Waals surface area (Å²) in [5.74, 6) is -0.546. The zero-order chi connectivity index (χ0) is 12.8. The molecule has 3 N–H and O–H groups in total. The number of nitrogens with one attached hydrogen (secondary N) is 1. The highest BCUT2D eigenvalue weighted by Gasteiger charge is 2.16. The molecule has 0 unspecified atom stereocenters. The Morgan fingerprint density at radius 3 is 2.88 bits per heavy atom. The summed E-state index contributed by atoms with van der Waals surface area (Å²) < 4.78 is 4.74. The van der Waals surface area contributed by atoms with Gasteiger partial charge < -0.3 is 15.8 Å². The van der Waals surface area contributed by atoms with E-state index in [9.17, 15) is 9.59 Å². The standard InChI is InChI=1S/C11H15N3O3/c1-7(17-8(2)15)11(16)14-10-5-9(6-12)3-4-13-10/h3-5,7H,6,12H2,1-2H3,(H,13,14,16)/t7-/m0/s1. The molecule has 6 nitrogen and oxygen atoms in total. The molecule has 0 aromatic carbocycles. The van der Waals surface area contributed by atoms with Crippen molar-refractivity contribution in [1.29, 1.82) is 0 Å². The van der Waals surface area contributed by atoms with E-state index in [0.29, 0.717) is 12.4 Å². The zero-order valence-corrected chi connectivity index (χ0v) is 9.77. The molecule has 0 aliphatic rings. The van der Waals surface area contributed by atoms with Gasteiger partial charge in [0.05, 0.1) is 0 Å². The second-order valence-electron chi connectivity index (χ2n) is 3.49. The van der Waals surface area contributed by atoms with Gasteiger partial charge in [0.15, 0.2) is 6.10 Å². The zero-order valence-electron chi connectivity index (χ0n) is 9.77. The van der Waals surface area contributed by atoms with Crippen LogP contribution in [0.15, 0.2) is 18.3 Å². The molecule has 0 bridgehead atoms. The van der Waals surface area contributed by atoms with Crippen LogP contribution < -0.4 is 11.1 Å². The van der Waals surface area contributed by atoms with Gasteiger partial charge in [-0.1, -0.05) is 0 Å². The summed E-state index contributed by atoms with van der Waals surface area (Å²) in [5.41, 5.74) is 6.32. The number of carbonyl (C=O) groups excluding carboxylic acids is 2. The molecule has 1 amide bonds. The van der Waals surface area contributed by atoms with E-state index < -0.39 is 18.0 Å². The Morgan fingerprint density at radius 2 is 2.29 bits per heavy atom. The molecular weight excluding hydrogens is 222 g/mol. The van der Waals surface area contributed by atoms with Crippen molar-refractivity contribution in [2.45, 2.75) is 26.5 Å². The highest BCUT2D eigenvalue weighted by atomic mass is 16.5. The van der Waals surface area contributed by atoms with Crippen molar-refractivity contribution in [3.63, 3.8) is 0 Å². The van der Waals surface area contributed by atoms with Crippen LogP contribution in [0.1, 0.15) is 19.4 Å². The lowest BCUT2D eigenvalue weighted by Gasteiger charge is -2.11. The fourth-order valence-corrected chi connectivity index (χ4v) is 1.20. The SMILES string of the molecule is CC(=O)O[C@@H](C)C(=O)Nc1cc(CN)ccn1. The molecule has 1 aromatic heterocycles. The van der Waals surface area contributed by atoms with Gasteiger partial charge in [0.2, 0.25) is 0 Å². The Morgan fingerprint density at radius 1 is 1.59 bits per heavy atom. The smallest absolute Gasteiger partial charge is 0.303 e. The fourth-order valence-electron chi connectivity index (χ4n) is 1.20. The number of hydrogen-bond acceptors (Lipinski definition) is 5. The van der Waals surface area contributed by atoms with Gasteiger partial charge >= 0.3 is 5.97 Å². The van der Waals surface area contributed by atoms with Crippen molar-refractivity contribution in [2.24, 2.45) is 5.73 Å². The minimum atomic E-state index is -0.851. The van der Waals surface area contributed by atoms with Crippen LogP contribution in [0.4, 0.5) is 5.82 Å². The number of amides is 1. The van der Waals surface area contributed by atoms with Crippen LogP contribution in [0.2, 0.25) is 0 Å². The van der Waals surface area contributed by atoms with E-state index in [1.807, 2.05) is 0 Å². The van der Waals surface area contributed by atoms with E-state index in [1.54, 1.807) is 18.3 Å². The summed E-state index contributed by atoms with van der Waals surface area (Å²) in [6, 6.07) is 3.42. The van der Waals surface area contributed by atoms with Crippen LogP contribution in [0.5, 0.6) is 0 Å². The summed E-state index contributed by atoms with van der Waals surface area (Å²) in [5, 5.41) is 2.54. The highest BCUT2D eigenvalue weighted by molar-refractivity contribution is 5.94. The van der Waals surface area contributed by atoms with Gasteiger partial charge in [-0.25, -0.2) is 4.98 Å². The van der Waals surface area contributed by atoms with Crippen molar-refractivity contribution in [2.75, 3.05) is 5.32 Å². The number of ether oxygens (including phenoxy) is 1. The maximum absolute atomic E-state index is 11.6. The van der Waals surface area contributed by atoms with Gasteiger partial charge in [0.25, 0.3) is 5.91 Å². The normalized spacial score (nSPS) is 11.7. The molecule has 0 spiro atoms. The first kappa shape index (κ1) is 13.1.